The van der Waals surface area contributed by atoms with Crippen LogP contribution >= 0.6 is 12.2 Å². The standard InChI is InChI=1S/C12H16N2OS/c1-10-2-3-11(9-13-10)8-12(16)14-4-6-15-7-5-14/h2-3,9H,4-8H2,1H3. The molecule has 2 heterocycles. The molecule has 0 spiro atoms. The molecule has 2 rings (SSSR count). The lowest BCUT2D eigenvalue weighted by Crippen LogP contribution is -2.40. The number of aromatic nitrogens is 1. The van der Waals surface area contributed by atoms with Crippen molar-refractivity contribution >= 4 is 17.2 Å². The van der Waals surface area contributed by atoms with Crippen molar-refractivity contribution in [3.8, 4) is 0 Å². The molecule has 0 saturated carbocycles. The molecule has 0 amide bonds. The van der Waals surface area contributed by atoms with Crippen molar-refractivity contribution in [3.05, 3.63) is 29.6 Å². The van der Waals surface area contributed by atoms with Gasteiger partial charge in [-0.2, -0.15) is 0 Å². The molecule has 3 nitrogen and oxygen atoms in total. The van der Waals surface area contributed by atoms with E-state index in [0.29, 0.717) is 0 Å². The lowest BCUT2D eigenvalue weighted by Gasteiger charge is -2.29. The van der Waals surface area contributed by atoms with E-state index in [1.807, 2.05) is 19.2 Å². The quantitative estimate of drug-likeness (QED) is 0.728. The maximum atomic E-state index is 5.43. The van der Waals surface area contributed by atoms with Gasteiger partial charge in [-0.15, -0.1) is 0 Å². The molecule has 1 aliphatic heterocycles. The zero-order chi connectivity index (χ0) is 11.4. The van der Waals surface area contributed by atoms with E-state index in [1.54, 1.807) is 0 Å². The van der Waals surface area contributed by atoms with Crippen molar-refractivity contribution in [3.63, 3.8) is 0 Å². The minimum absolute atomic E-state index is 0.784. The van der Waals surface area contributed by atoms with Crippen LogP contribution in [-0.2, 0) is 11.2 Å². The molecule has 1 fully saturated rings. The van der Waals surface area contributed by atoms with Crippen molar-refractivity contribution in [2.24, 2.45) is 0 Å². The van der Waals surface area contributed by atoms with Gasteiger partial charge < -0.3 is 9.64 Å². The molecule has 4 heteroatoms. The molecule has 0 bridgehead atoms. The Morgan fingerprint density at radius 2 is 2.19 bits per heavy atom. The fraction of sp³-hybridized carbons (Fsp3) is 0.500. The fourth-order valence-corrected chi connectivity index (χ4v) is 2.05. The highest BCUT2D eigenvalue weighted by atomic mass is 32.1. The highest BCUT2D eigenvalue weighted by molar-refractivity contribution is 7.80. The summed E-state index contributed by atoms with van der Waals surface area (Å²) in [7, 11) is 0. The molecule has 0 atom stereocenters. The van der Waals surface area contributed by atoms with Gasteiger partial charge in [0.25, 0.3) is 0 Å². The highest BCUT2D eigenvalue weighted by Crippen LogP contribution is 2.06. The number of rotatable bonds is 2. The van der Waals surface area contributed by atoms with Crippen LogP contribution in [0.3, 0.4) is 0 Å². The molecule has 1 aliphatic rings. The first kappa shape index (κ1) is 11.5. The third-order valence-corrected chi connectivity index (χ3v) is 3.09. The van der Waals surface area contributed by atoms with Gasteiger partial charge in [0.2, 0.25) is 0 Å². The number of nitrogens with zero attached hydrogens (tertiary/aromatic N) is 2. The Bertz CT molecular complexity index is 358. The predicted octanol–water partition coefficient (Wildman–Crippen LogP) is 1.59. The summed E-state index contributed by atoms with van der Waals surface area (Å²) >= 11 is 5.43. The molecule has 0 aromatic carbocycles. The zero-order valence-corrected chi connectivity index (χ0v) is 10.3. The van der Waals surface area contributed by atoms with E-state index in [-0.39, 0.29) is 0 Å². The molecular formula is C12H16N2OS. The summed E-state index contributed by atoms with van der Waals surface area (Å²) in [5, 5.41) is 0. The van der Waals surface area contributed by atoms with Crippen LogP contribution in [0.4, 0.5) is 0 Å². The van der Waals surface area contributed by atoms with Crippen molar-refractivity contribution in [2.75, 3.05) is 26.3 Å². The van der Waals surface area contributed by atoms with Gasteiger partial charge >= 0.3 is 0 Å². The van der Waals surface area contributed by atoms with Gasteiger partial charge in [-0.3, -0.25) is 4.98 Å². The molecule has 0 N–H and O–H groups in total. The Morgan fingerprint density at radius 3 is 2.81 bits per heavy atom. The van der Waals surface area contributed by atoms with E-state index in [4.69, 9.17) is 17.0 Å². The normalized spacial score (nSPS) is 16.2. The molecule has 16 heavy (non-hydrogen) atoms. The second kappa shape index (κ2) is 5.37. The average molecular weight is 236 g/mol. The SMILES string of the molecule is Cc1ccc(CC(=S)N2CCOCC2)cn1. The van der Waals surface area contributed by atoms with E-state index in [1.165, 1.54) is 5.56 Å². The number of hydrogen-bond donors (Lipinski definition) is 0. The van der Waals surface area contributed by atoms with Crippen molar-refractivity contribution in [1.82, 2.24) is 9.88 Å². The average Bonchev–Trinajstić information content (AvgIpc) is 2.33. The summed E-state index contributed by atoms with van der Waals surface area (Å²) in [4.78, 5) is 7.49. The third-order valence-electron chi connectivity index (χ3n) is 2.69. The van der Waals surface area contributed by atoms with Gasteiger partial charge in [0.05, 0.1) is 18.2 Å². The van der Waals surface area contributed by atoms with Crippen LogP contribution in [0.5, 0.6) is 0 Å². The summed E-state index contributed by atoms with van der Waals surface area (Å²) in [5.41, 5.74) is 2.23. The van der Waals surface area contributed by atoms with Crippen LogP contribution in [-0.4, -0.2) is 41.2 Å². The number of thiocarbonyl (C=S) groups is 1. The second-order valence-electron chi connectivity index (χ2n) is 3.98. The highest BCUT2D eigenvalue weighted by Gasteiger charge is 2.13. The smallest absolute Gasteiger partial charge is 0.0825 e. The van der Waals surface area contributed by atoms with E-state index in [2.05, 4.69) is 16.0 Å². The molecule has 1 aromatic heterocycles. The molecule has 0 radical (unpaired) electrons. The van der Waals surface area contributed by atoms with E-state index in [9.17, 15) is 0 Å². The van der Waals surface area contributed by atoms with E-state index >= 15 is 0 Å². The molecular weight excluding hydrogens is 220 g/mol. The molecule has 0 unspecified atom stereocenters. The van der Waals surface area contributed by atoms with Gasteiger partial charge in [-0.25, -0.2) is 0 Å². The maximum Gasteiger partial charge on any atom is 0.0825 e. The monoisotopic (exact) mass is 236 g/mol. The summed E-state index contributed by atoms with van der Waals surface area (Å²) < 4.78 is 5.30. The van der Waals surface area contributed by atoms with Gasteiger partial charge in [-0.05, 0) is 18.6 Å². The first-order chi connectivity index (χ1) is 7.75. The van der Waals surface area contributed by atoms with E-state index < -0.39 is 0 Å². The fourth-order valence-electron chi connectivity index (χ4n) is 1.70. The molecule has 0 aliphatic carbocycles. The lowest BCUT2D eigenvalue weighted by atomic mass is 10.2. The van der Waals surface area contributed by atoms with Gasteiger partial charge in [0, 0.05) is 31.4 Å². The minimum Gasteiger partial charge on any atom is -0.378 e. The number of ether oxygens (including phenoxy) is 1. The van der Waals surface area contributed by atoms with E-state index in [0.717, 1.165) is 43.4 Å². The minimum atomic E-state index is 0.784. The van der Waals surface area contributed by atoms with Crippen LogP contribution in [0.25, 0.3) is 0 Å². The summed E-state index contributed by atoms with van der Waals surface area (Å²) in [6.07, 6.45) is 2.71. The second-order valence-corrected chi connectivity index (χ2v) is 4.45. The van der Waals surface area contributed by atoms with Crippen LogP contribution in [0, 0.1) is 6.92 Å². The van der Waals surface area contributed by atoms with Gasteiger partial charge in [-0.1, -0.05) is 18.3 Å². The van der Waals surface area contributed by atoms with Crippen LogP contribution in [0.2, 0.25) is 0 Å². The topological polar surface area (TPSA) is 25.4 Å². The Hall–Kier alpha value is -1.00. The Kier molecular flexibility index (Phi) is 3.85. The van der Waals surface area contributed by atoms with Crippen LogP contribution < -0.4 is 0 Å². The lowest BCUT2D eigenvalue weighted by molar-refractivity contribution is 0.0684. The molecule has 86 valence electrons. The Balaban J connectivity index is 1.93. The first-order valence-electron chi connectivity index (χ1n) is 5.53. The van der Waals surface area contributed by atoms with Gasteiger partial charge in [0.1, 0.15) is 0 Å². The maximum absolute atomic E-state index is 5.43. The third kappa shape index (κ3) is 3.00. The van der Waals surface area contributed by atoms with Crippen molar-refractivity contribution < 1.29 is 4.74 Å². The largest absolute Gasteiger partial charge is 0.378 e. The Morgan fingerprint density at radius 1 is 1.44 bits per heavy atom. The summed E-state index contributed by atoms with van der Waals surface area (Å²) in [5.74, 6) is 0. The Labute approximate surface area is 101 Å². The first-order valence-corrected chi connectivity index (χ1v) is 5.93. The number of hydrogen-bond acceptors (Lipinski definition) is 3. The summed E-state index contributed by atoms with van der Waals surface area (Å²) in [6, 6.07) is 4.12. The molecule has 1 saturated heterocycles. The molecule has 1 aromatic rings. The van der Waals surface area contributed by atoms with Crippen LogP contribution in [0.1, 0.15) is 11.3 Å². The van der Waals surface area contributed by atoms with Gasteiger partial charge in [0.15, 0.2) is 0 Å². The summed E-state index contributed by atoms with van der Waals surface area (Å²) in [6.45, 7) is 5.39. The van der Waals surface area contributed by atoms with Crippen molar-refractivity contribution in [1.29, 1.82) is 0 Å². The number of morpholine rings is 1. The predicted molar refractivity (Wildman–Crippen MR) is 67.7 cm³/mol. The zero-order valence-electron chi connectivity index (χ0n) is 9.48. The number of pyridine rings is 1. The van der Waals surface area contributed by atoms with Crippen LogP contribution in [0.15, 0.2) is 18.3 Å². The van der Waals surface area contributed by atoms with Crippen molar-refractivity contribution in [2.45, 2.75) is 13.3 Å². The number of aryl methyl sites for hydroxylation is 1.